The highest BCUT2D eigenvalue weighted by atomic mass is 32.1. The topological polar surface area (TPSA) is 108 Å². The number of fused-ring (bicyclic) bond motifs is 3. The van der Waals surface area contributed by atoms with Crippen LogP contribution in [0.2, 0.25) is 0 Å². The number of aromatic nitrogens is 2. The molecule has 6 rings (SSSR count). The number of nitrogens with one attached hydrogen (secondary N) is 2. The van der Waals surface area contributed by atoms with Gasteiger partial charge < -0.3 is 20.1 Å². The van der Waals surface area contributed by atoms with E-state index in [1.54, 1.807) is 18.4 Å². The molecule has 1 aliphatic carbocycles. The number of thiophene rings is 1. The van der Waals surface area contributed by atoms with Crippen molar-refractivity contribution in [2.24, 2.45) is 0 Å². The Morgan fingerprint density at radius 2 is 1.98 bits per heavy atom. The van der Waals surface area contributed by atoms with E-state index in [0.717, 1.165) is 52.1 Å². The van der Waals surface area contributed by atoms with Crippen LogP contribution in [-0.2, 0) is 21.5 Å². The van der Waals surface area contributed by atoms with Gasteiger partial charge in [0, 0.05) is 28.4 Å². The summed E-state index contributed by atoms with van der Waals surface area (Å²) in [5, 5.41) is 21.2. The number of amides is 1. The van der Waals surface area contributed by atoms with E-state index in [1.165, 1.54) is 10.4 Å². The van der Waals surface area contributed by atoms with Crippen LogP contribution in [0.1, 0.15) is 39.6 Å². The number of aromatic amines is 1. The van der Waals surface area contributed by atoms with E-state index in [0.29, 0.717) is 0 Å². The van der Waals surface area contributed by atoms with Crippen LogP contribution < -0.4 is 10.1 Å². The number of hydrogen-bond acceptors (Lipinski definition) is 6. The van der Waals surface area contributed by atoms with Crippen molar-refractivity contribution in [3.05, 3.63) is 75.1 Å². The molecule has 2 aliphatic rings. The number of carboxylic acids is 1. The smallest absolute Gasteiger partial charge is 0.490 e. The highest BCUT2D eigenvalue weighted by Crippen LogP contribution is 2.65. The minimum atomic E-state index is -5.08. The number of rotatable bonds is 6. The fraction of sp³-hybridized carbons (Fsp3) is 0.276. The first-order valence-electron chi connectivity index (χ1n) is 12.6. The molecule has 1 fully saturated rings. The average molecular weight is 585 g/mol. The Morgan fingerprint density at radius 1 is 1.22 bits per heavy atom. The van der Waals surface area contributed by atoms with E-state index in [2.05, 4.69) is 76.3 Å². The molecule has 3 heterocycles. The molecule has 41 heavy (non-hydrogen) atoms. The first-order chi connectivity index (χ1) is 19.4. The van der Waals surface area contributed by atoms with Crippen LogP contribution in [0.25, 0.3) is 23.1 Å². The minimum Gasteiger partial charge on any atom is -0.497 e. The van der Waals surface area contributed by atoms with Gasteiger partial charge in [0.15, 0.2) is 0 Å². The number of ether oxygens (including phenoxy) is 1. The van der Waals surface area contributed by atoms with Crippen molar-refractivity contribution in [3.8, 4) is 5.75 Å². The molecular formula is C29H27F3N4O4S. The highest BCUT2D eigenvalue weighted by molar-refractivity contribution is 7.10. The predicted octanol–water partition coefficient (Wildman–Crippen LogP) is 5.88. The van der Waals surface area contributed by atoms with Crippen molar-refractivity contribution in [2.45, 2.75) is 30.5 Å². The minimum absolute atomic E-state index is 0.0819. The molecule has 2 aromatic heterocycles. The number of alkyl halides is 3. The van der Waals surface area contributed by atoms with Crippen molar-refractivity contribution in [1.29, 1.82) is 0 Å². The number of nitrogens with zero attached hydrogens (tertiary/aromatic N) is 2. The fourth-order valence-corrected chi connectivity index (χ4v) is 6.13. The van der Waals surface area contributed by atoms with E-state index >= 15 is 0 Å². The Morgan fingerprint density at radius 3 is 2.66 bits per heavy atom. The molecule has 3 N–H and O–H groups in total. The molecule has 1 saturated carbocycles. The van der Waals surface area contributed by atoms with Gasteiger partial charge in [0.05, 0.1) is 23.7 Å². The summed E-state index contributed by atoms with van der Waals surface area (Å²) in [6.07, 6.45) is -0.105. The van der Waals surface area contributed by atoms with Crippen LogP contribution in [-0.4, -0.2) is 59.5 Å². The number of methoxy groups -OCH3 is 1. The van der Waals surface area contributed by atoms with Crippen LogP contribution in [0.15, 0.2) is 47.8 Å². The summed E-state index contributed by atoms with van der Waals surface area (Å²) < 4.78 is 37.1. The molecule has 1 amide bonds. The molecule has 0 unspecified atom stereocenters. The molecule has 1 aliphatic heterocycles. The van der Waals surface area contributed by atoms with Gasteiger partial charge in [-0.05, 0) is 79.0 Å². The summed E-state index contributed by atoms with van der Waals surface area (Å²) in [6.45, 7) is 0.949. The zero-order chi connectivity index (χ0) is 29.5. The fourth-order valence-electron chi connectivity index (χ4n) is 5.16. The van der Waals surface area contributed by atoms with Crippen LogP contribution in [0, 0.1) is 0 Å². The van der Waals surface area contributed by atoms with Crippen LogP contribution in [0.3, 0.4) is 0 Å². The van der Waals surface area contributed by atoms with Crippen molar-refractivity contribution in [3.63, 3.8) is 0 Å². The number of benzene rings is 2. The number of aliphatic carboxylic acids is 1. The second-order valence-electron chi connectivity index (χ2n) is 10.2. The van der Waals surface area contributed by atoms with Gasteiger partial charge in [-0.2, -0.15) is 18.3 Å². The molecular weight excluding hydrogens is 557 g/mol. The zero-order valence-corrected chi connectivity index (χ0v) is 23.2. The Kier molecular flexibility index (Phi) is 7.39. The summed E-state index contributed by atoms with van der Waals surface area (Å²) in [5.74, 6) is -1.75. The summed E-state index contributed by atoms with van der Waals surface area (Å²) >= 11 is 1.78. The second kappa shape index (κ2) is 10.7. The quantitative estimate of drug-likeness (QED) is 0.262. The third kappa shape index (κ3) is 5.57. The van der Waals surface area contributed by atoms with Gasteiger partial charge in [0.25, 0.3) is 0 Å². The normalized spacial score (nSPS) is 19.4. The number of carbonyl (C=O) groups excluding carboxylic acids is 1. The summed E-state index contributed by atoms with van der Waals surface area (Å²) in [7, 11) is 5.82. The lowest BCUT2D eigenvalue weighted by Crippen LogP contribution is -2.21. The van der Waals surface area contributed by atoms with Gasteiger partial charge in [-0.3, -0.25) is 9.89 Å². The molecule has 8 nitrogen and oxygen atoms in total. The van der Waals surface area contributed by atoms with Gasteiger partial charge in [0.2, 0.25) is 5.91 Å². The molecule has 2 aromatic carbocycles. The molecule has 214 valence electrons. The molecule has 0 saturated heterocycles. The zero-order valence-electron chi connectivity index (χ0n) is 22.4. The maximum absolute atomic E-state index is 13.0. The first-order valence-corrected chi connectivity index (χ1v) is 13.5. The summed E-state index contributed by atoms with van der Waals surface area (Å²) in [4.78, 5) is 25.4. The van der Waals surface area contributed by atoms with Crippen molar-refractivity contribution in [1.82, 2.24) is 15.1 Å². The molecule has 12 heteroatoms. The number of halogens is 3. The highest BCUT2D eigenvalue weighted by Gasteiger charge is 2.65. The predicted molar refractivity (Wildman–Crippen MR) is 151 cm³/mol. The Labute approximate surface area is 237 Å². The van der Waals surface area contributed by atoms with Gasteiger partial charge >= 0.3 is 12.1 Å². The lowest BCUT2D eigenvalue weighted by atomic mass is 9.91. The molecule has 2 atom stereocenters. The number of hydrogen-bond donors (Lipinski definition) is 3. The number of H-pyrrole nitrogens is 1. The Bertz CT molecular complexity index is 1660. The largest absolute Gasteiger partial charge is 0.497 e. The van der Waals surface area contributed by atoms with Crippen molar-refractivity contribution >= 4 is 52.0 Å². The first kappa shape index (κ1) is 28.4. The number of carbonyl (C=O) groups is 2. The van der Waals surface area contributed by atoms with Crippen molar-refractivity contribution in [2.75, 3.05) is 26.5 Å². The van der Waals surface area contributed by atoms with E-state index in [9.17, 15) is 18.0 Å². The van der Waals surface area contributed by atoms with Crippen molar-refractivity contribution < 1.29 is 32.6 Å². The number of carboxylic acid groups (broad SMARTS) is 1. The van der Waals surface area contributed by atoms with E-state index < -0.39 is 17.6 Å². The molecule has 4 aromatic rings. The standard InChI is InChI=1S/C27H26N4O2S.C2HF3O2/c1-31(2)14-19-10-16(15-34-19)4-8-23-20-7-5-17(11-25(20)30-29-23)22-13-27(22)21-12-18(33-3)6-9-24(21)28-26(27)32;3-2(4,5)1(6)7/h4-12,15,22H,13-14H2,1-3H3,(H,28,32)(H,29,30);(H,6,7)/b8-4+;/t22-,27-;/m0./s1. The lowest BCUT2D eigenvalue weighted by molar-refractivity contribution is -0.192. The van der Waals surface area contributed by atoms with Crippen LogP contribution in [0.4, 0.5) is 18.9 Å². The SMILES string of the molecule is COc1ccc2c(c1)[C@]1(C[C@H]1c1ccc3c(/C=C/c4csc(CN(C)C)c4)n[nH]c3c1)C(=O)N2.O=C(O)C(F)(F)F. The van der Waals surface area contributed by atoms with Crippen LogP contribution >= 0.6 is 11.3 Å². The van der Waals surface area contributed by atoms with Gasteiger partial charge in [0.1, 0.15) is 5.75 Å². The average Bonchev–Trinajstić information content (AvgIpc) is 3.15. The third-order valence-corrected chi connectivity index (χ3v) is 8.10. The maximum Gasteiger partial charge on any atom is 0.490 e. The Hall–Kier alpha value is -4.16. The van der Waals surface area contributed by atoms with Gasteiger partial charge in [-0.15, -0.1) is 11.3 Å². The van der Waals surface area contributed by atoms with Gasteiger partial charge in [-0.1, -0.05) is 18.2 Å². The molecule has 1 spiro atoms. The molecule has 0 bridgehead atoms. The van der Waals surface area contributed by atoms with E-state index in [-0.39, 0.29) is 11.8 Å². The Balaban J connectivity index is 0.000000431. The lowest BCUT2D eigenvalue weighted by Gasteiger charge is -2.10. The van der Waals surface area contributed by atoms with E-state index in [4.69, 9.17) is 14.6 Å². The summed E-state index contributed by atoms with van der Waals surface area (Å²) in [5.41, 5.74) is 5.69. The summed E-state index contributed by atoms with van der Waals surface area (Å²) in [6, 6.07) is 14.4. The van der Waals surface area contributed by atoms with Crippen LogP contribution in [0.5, 0.6) is 5.75 Å². The second-order valence-corrected chi connectivity index (χ2v) is 11.2. The van der Waals surface area contributed by atoms with E-state index in [1.807, 2.05) is 18.2 Å². The third-order valence-electron chi connectivity index (χ3n) is 7.16. The number of anilines is 1. The molecule has 0 radical (unpaired) electrons. The maximum atomic E-state index is 13.0. The van der Waals surface area contributed by atoms with Gasteiger partial charge in [-0.25, -0.2) is 4.79 Å². The monoisotopic (exact) mass is 584 g/mol.